The second-order valence-electron chi connectivity index (χ2n) is 5.69. The first-order chi connectivity index (χ1) is 13.2. The van der Waals surface area contributed by atoms with Crippen LogP contribution < -0.4 is 14.4 Å². The molecule has 1 aliphatic heterocycles. The Morgan fingerprint density at radius 1 is 0.963 bits per heavy atom. The van der Waals surface area contributed by atoms with Crippen LogP contribution in [0.15, 0.2) is 88.1 Å². The van der Waals surface area contributed by atoms with Crippen LogP contribution in [0.2, 0.25) is 0 Å². The van der Waals surface area contributed by atoms with Crippen molar-refractivity contribution in [3.8, 4) is 11.5 Å². The van der Waals surface area contributed by atoms with Gasteiger partial charge in [-0.15, -0.1) is 0 Å². The molecule has 6 nitrogen and oxygen atoms in total. The molecule has 0 aliphatic carbocycles. The van der Waals surface area contributed by atoms with E-state index in [-0.39, 0.29) is 17.6 Å². The Kier molecular flexibility index (Phi) is 4.45. The van der Waals surface area contributed by atoms with Gasteiger partial charge in [-0.05, 0) is 48.5 Å². The van der Waals surface area contributed by atoms with Crippen molar-refractivity contribution in [3.63, 3.8) is 0 Å². The molecule has 2 heterocycles. The maximum Gasteiger partial charge on any atom is 0.310 e. The van der Waals surface area contributed by atoms with Gasteiger partial charge in [0.1, 0.15) is 23.0 Å². The normalized spacial score (nSPS) is 15.1. The molecule has 134 valence electrons. The predicted molar refractivity (Wildman–Crippen MR) is 102 cm³/mol. The topological polar surface area (TPSA) is 64.3 Å². The molecule has 0 atom stereocenters. The summed E-state index contributed by atoms with van der Waals surface area (Å²) >= 11 is 0. The number of hydrogen-bond acceptors (Lipinski definition) is 5. The summed E-state index contributed by atoms with van der Waals surface area (Å²) < 4.78 is 16.3. The highest BCUT2D eigenvalue weighted by atomic mass is 16.5. The number of carbonyl (C=O) groups excluding carboxylic acids is 1. The van der Waals surface area contributed by atoms with E-state index in [9.17, 15) is 4.79 Å². The first-order valence-corrected chi connectivity index (χ1v) is 8.30. The summed E-state index contributed by atoms with van der Waals surface area (Å²) in [5.41, 5.74) is 0.898. The van der Waals surface area contributed by atoms with Gasteiger partial charge in [0, 0.05) is 6.08 Å². The molecule has 6 heteroatoms. The number of methoxy groups -OCH3 is 1. The van der Waals surface area contributed by atoms with Crippen molar-refractivity contribution in [2.75, 3.05) is 12.0 Å². The minimum atomic E-state index is -0.291. The summed E-state index contributed by atoms with van der Waals surface area (Å²) in [6.07, 6.45) is 3.13. The average molecular weight is 360 g/mol. The number of anilines is 1. The van der Waals surface area contributed by atoms with Gasteiger partial charge in [-0.1, -0.05) is 18.2 Å². The number of ether oxygens (including phenoxy) is 2. The molecule has 4 rings (SSSR count). The molecular weight excluding hydrogens is 344 g/mol. The maximum absolute atomic E-state index is 12.9. The van der Waals surface area contributed by atoms with Gasteiger partial charge in [0.2, 0.25) is 0 Å². The third kappa shape index (κ3) is 3.46. The first-order valence-electron chi connectivity index (χ1n) is 8.30. The number of benzene rings is 2. The van der Waals surface area contributed by atoms with Gasteiger partial charge in [-0.25, -0.2) is 4.90 Å². The van der Waals surface area contributed by atoms with E-state index >= 15 is 0 Å². The lowest BCUT2D eigenvalue weighted by Gasteiger charge is -2.18. The minimum Gasteiger partial charge on any atom is -0.497 e. The molecule has 27 heavy (non-hydrogen) atoms. The predicted octanol–water partition coefficient (Wildman–Crippen LogP) is 4.11. The lowest BCUT2D eigenvalue weighted by Crippen LogP contribution is -2.35. The summed E-state index contributed by atoms with van der Waals surface area (Å²) in [5.74, 6) is 1.51. The minimum absolute atomic E-state index is 0.175. The molecule has 0 radical (unpaired) electrons. The van der Waals surface area contributed by atoms with Crippen LogP contribution in [0.4, 0.5) is 5.69 Å². The fraction of sp³-hybridized carbons (Fsp3) is 0.0476. The van der Waals surface area contributed by atoms with Gasteiger partial charge in [0.25, 0.3) is 5.91 Å². The van der Waals surface area contributed by atoms with Crippen LogP contribution in [0.3, 0.4) is 0 Å². The third-order valence-corrected chi connectivity index (χ3v) is 3.93. The molecular formula is C21H16N2O4. The SMILES string of the molecule is COc1ccc(OC2=N/C(=C\c3ccco3)C(=O)N2c2ccccc2)cc1. The van der Waals surface area contributed by atoms with Crippen molar-refractivity contribution in [1.82, 2.24) is 0 Å². The summed E-state index contributed by atoms with van der Waals surface area (Å²) in [5, 5.41) is 0. The highest BCUT2D eigenvalue weighted by Crippen LogP contribution is 2.27. The van der Waals surface area contributed by atoms with Crippen LogP contribution >= 0.6 is 0 Å². The average Bonchev–Trinajstić information content (AvgIpc) is 3.32. The molecule has 0 fully saturated rings. The van der Waals surface area contributed by atoms with Crippen LogP contribution in [0.5, 0.6) is 11.5 Å². The molecule has 1 aliphatic rings. The molecule has 1 amide bonds. The molecule has 0 N–H and O–H groups in total. The van der Waals surface area contributed by atoms with E-state index in [0.29, 0.717) is 22.9 Å². The van der Waals surface area contributed by atoms with E-state index in [1.165, 1.54) is 4.90 Å². The number of furan rings is 1. The number of amides is 1. The first kappa shape index (κ1) is 16.7. The van der Waals surface area contributed by atoms with Gasteiger partial charge in [-0.3, -0.25) is 4.79 Å². The Morgan fingerprint density at radius 3 is 2.37 bits per heavy atom. The van der Waals surface area contributed by atoms with E-state index < -0.39 is 0 Å². The van der Waals surface area contributed by atoms with Gasteiger partial charge < -0.3 is 13.9 Å². The van der Waals surface area contributed by atoms with Crippen LogP contribution in [0, 0.1) is 0 Å². The third-order valence-electron chi connectivity index (χ3n) is 3.93. The maximum atomic E-state index is 12.9. The van der Waals surface area contributed by atoms with Crippen LogP contribution in [-0.2, 0) is 4.79 Å². The van der Waals surface area contributed by atoms with Crippen molar-refractivity contribution in [2.45, 2.75) is 0 Å². The van der Waals surface area contributed by atoms with Crippen molar-refractivity contribution >= 4 is 23.7 Å². The highest BCUT2D eigenvalue weighted by molar-refractivity contribution is 6.26. The van der Waals surface area contributed by atoms with E-state index in [1.54, 1.807) is 55.8 Å². The van der Waals surface area contributed by atoms with E-state index in [1.807, 2.05) is 30.3 Å². The smallest absolute Gasteiger partial charge is 0.310 e. The van der Waals surface area contributed by atoms with Crippen molar-refractivity contribution in [2.24, 2.45) is 4.99 Å². The standard InChI is InChI=1S/C21H16N2O4/c1-25-16-9-11-17(12-10-16)27-21-22-19(14-18-8-5-13-26-18)20(24)23(21)15-6-3-2-4-7-15/h2-14H,1H3/b19-14-. The largest absolute Gasteiger partial charge is 0.497 e. The van der Waals surface area contributed by atoms with Crippen LogP contribution in [0.1, 0.15) is 5.76 Å². The van der Waals surface area contributed by atoms with E-state index in [4.69, 9.17) is 13.9 Å². The summed E-state index contributed by atoms with van der Waals surface area (Å²) in [4.78, 5) is 18.7. The van der Waals surface area contributed by atoms with Crippen molar-refractivity contribution in [3.05, 3.63) is 84.5 Å². The molecule has 0 saturated heterocycles. The zero-order valence-corrected chi connectivity index (χ0v) is 14.5. The summed E-state index contributed by atoms with van der Waals surface area (Å²) in [7, 11) is 1.60. The highest BCUT2D eigenvalue weighted by Gasteiger charge is 2.33. The molecule has 0 bridgehead atoms. The lowest BCUT2D eigenvalue weighted by atomic mass is 10.2. The fourth-order valence-corrected chi connectivity index (χ4v) is 2.63. The molecule has 0 unspecified atom stereocenters. The molecule has 1 aromatic heterocycles. The Morgan fingerprint density at radius 2 is 1.70 bits per heavy atom. The zero-order valence-electron chi connectivity index (χ0n) is 14.5. The molecule has 2 aromatic carbocycles. The number of para-hydroxylation sites is 1. The van der Waals surface area contributed by atoms with E-state index in [0.717, 1.165) is 0 Å². The lowest BCUT2D eigenvalue weighted by molar-refractivity contribution is -0.113. The second kappa shape index (κ2) is 7.21. The number of amidine groups is 1. The number of nitrogens with zero attached hydrogens (tertiary/aromatic N) is 2. The zero-order chi connectivity index (χ0) is 18.6. The molecule has 0 saturated carbocycles. The van der Waals surface area contributed by atoms with Crippen molar-refractivity contribution < 1.29 is 18.7 Å². The number of hydrogen-bond donors (Lipinski definition) is 0. The summed E-state index contributed by atoms with van der Waals surface area (Å²) in [6, 6.07) is 20.0. The second-order valence-corrected chi connectivity index (χ2v) is 5.69. The Hall–Kier alpha value is -3.80. The molecule has 3 aromatic rings. The van der Waals surface area contributed by atoms with Gasteiger partial charge in [0.15, 0.2) is 0 Å². The van der Waals surface area contributed by atoms with Gasteiger partial charge in [-0.2, -0.15) is 4.99 Å². The van der Waals surface area contributed by atoms with Crippen LogP contribution in [-0.4, -0.2) is 19.0 Å². The monoisotopic (exact) mass is 360 g/mol. The Balaban J connectivity index is 1.70. The Bertz CT molecular complexity index is 990. The van der Waals surface area contributed by atoms with E-state index in [2.05, 4.69) is 4.99 Å². The quantitative estimate of drug-likeness (QED) is 0.657. The fourth-order valence-electron chi connectivity index (χ4n) is 2.63. The number of carbonyl (C=O) groups is 1. The Labute approximate surface area is 156 Å². The van der Waals surface area contributed by atoms with Crippen molar-refractivity contribution in [1.29, 1.82) is 0 Å². The van der Waals surface area contributed by atoms with Gasteiger partial charge in [0.05, 0.1) is 19.1 Å². The molecule has 0 spiro atoms. The summed E-state index contributed by atoms with van der Waals surface area (Å²) in [6.45, 7) is 0. The van der Waals surface area contributed by atoms with Gasteiger partial charge >= 0.3 is 6.02 Å². The number of aliphatic imine (C=N–C) groups is 1. The number of rotatable bonds is 4. The van der Waals surface area contributed by atoms with Crippen LogP contribution in [0.25, 0.3) is 6.08 Å².